The summed E-state index contributed by atoms with van der Waals surface area (Å²) in [4.78, 5) is 0. The van der Waals surface area contributed by atoms with Crippen molar-refractivity contribution in [3.63, 3.8) is 0 Å². The molecule has 12 heavy (non-hydrogen) atoms. The topological polar surface area (TPSA) is 52.0 Å². The van der Waals surface area contributed by atoms with E-state index in [1.807, 2.05) is 6.92 Å². The maximum atomic E-state index is 6.05. The molecule has 0 fully saturated rings. The summed E-state index contributed by atoms with van der Waals surface area (Å²) in [6, 6.07) is 0.187. The molecule has 0 bridgehead atoms. The summed E-state index contributed by atoms with van der Waals surface area (Å²) in [5.74, 6) is 1.08. The molecule has 0 aliphatic carbocycles. The summed E-state index contributed by atoms with van der Waals surface area (Å²) in [6.07, 6.45) is 1.11. The second kappa shape index (κ2) is 4.24. The normalized spacial score (nSPS) is 18.0. The van der Waals surface area contributed by atoms with Gasteiger partial charge in [-0.3, -0.25) is 0 Å². The molecule has 2 heteroatoms. The van der Waals surface area contributed by atoms with E-state index in [4.69, 9.17) is 11.5 Å². The first kappa shape index (κ1) is 11.9. The molecule has 0 aromatic heterocycles. The molecule has 0 aromatic rings. The van der Waals surface area contributed by atoms with Gasteiger partial charge in [0, 0.05) is 11.6 Å². The molecule has 4 N–H and O–H groups in total. The van der Waals surface area contributed by atoms with Gasteiger partial charge in [0.25, 0.3) is 0 Å². The molecule has 2 unspecified atom stereocenters. The van der Waals surface area contributed by atoms with E-state index in [1.54, 1.807) is 0 Å². The second-order valence-corrected chi connectivity index (χ2v) is 4.92. The highest BCUT2D eigenvalue weighted by Crippen LogP contribution is 2.24. The van der Waals surface area contributed by atoms with Crippen LogP contribution in [0, 0.1) is 11.8 Å². The van der Waals surface area contributed by atoms with Crippen LogP contribution in [0.1, 0.15) is 41.0 Å². The molecule has 0 aliphatic heterocycles. The van der Waals surface area contributed by atoms with Gasteiger partial charge >= 0.3 is 0 Å². The Kier molecular flexibility index (Phi) is 4.21. The largest absolute Gasteiger partial charge is 0.328 e. The number of rotatable bonds is 4. The van der Waals surface area contributed by atoms with Crippen LogP contribution in [0.4, 0.5) is 0 Å². The van der Waals surface area contributed by atoms with Gasteiger partial charge in [-0.2, -0.15) is 0 Å². The van der Waals surface area contributed by atoms with Crippen molar-refractivity contribution in [2.45, 2.75) is 52.6 Å². The lowest BCUT2D eigenvalue weighted by Gasteiger charge is -2.34. The highest BCUT2D eigenvalue weighted by atomic mass is 14.8. The molecule has 0 rings (SSSR count). The van der Waals surface area contributed by atoms with Crippen molar-refractivity contribution in [1.82, 2.24) is 0 Å². The average Bonchev–Trinajstić information content (AvgIpc) is 1.79. The average molecular weight is 172 g/mol. The van der Waals surface area contributed by atoms with Gasteiger partial charge in [-0.1, -0.05) is 13.8 Å². The Morgan fingerprint density at radius 3 is 1.67 bits per heavy atom. The molecule has 74 valence electrons. The van der Waals surface area contributed by atoms with E-state index in [0.717, 1.165) is 6.42 Å². The van der Waals surface area contributed by atoms with Gasteiger partial charge in [0.2, 0.25) is 0 Å². The van der Waals surface area contributed by atoms with Gasteiger partial charge in [-0.05, 0) is 39.0 Å². The molecule has 0 radical (unpaired) electrons. The Bertz CT molecular complexity index is 122. The van der Waals surface area contributed by atoms with Gasteiger partial charge in [0.1, 0.15) is 0 Å². The SMILES string of the molecule is CC(C)CC(C(C)N)C(C)(C)N. The van der Waals surface area contributed by atoms with Crippen LogP contribution in [0.3, 0.4) is 0 Å². The van der Waals surface area contributed by atoms with E-state index >= 15 is 0 Å². The van der Waals surface area contributed by atoms with Gasteiger partial charge < -0.3 is 11.5 Å². The fraction of sp³-hybridized carbons (Fsp3) is 1.00. The molecule has 2 atom stereocenters. The van der Waals surface area contributed by atoms with Crippen LogP contribution in [0.25, 0.3) is 0 Å². The molecule has 0 heterocycles. The van der Waals surface area contributed by atoms with Gasteiger partial charge in [-0.25, -0.2) is 0 Å². The standard InChI is InChI=1S/C10H24N2/c1-7(2)6-9(8(3)11)10(4,5)12/h7-9H,6,11-12H2,1-5H3. The van der Waals surface area contributed by atoms with Crippen molar-refractivity contribution in [3.05, 3.63) is 0 Å². The summed E-state index contributed by atoms with van der Waals surface area (Å²) in [6.45, 7) is 10.6. The smallest absolute Gasteiger partial charge is 0.0140 e. The molecule has 0 saturated heterocycles. The Morgan fingerprint density at radius 1 is 1.17 bits per heavy atom. The van der Waals surface area contributed by atoms with Crippen LogP contribution in [-0.2, 0) is 0 Å². The highest BCUT2D eigenvalue weighted by Gasteiger charge is 2.28. The molecular weight excluding hydrogens is 148 g/mol. The fourth-order valence-electron chi connectivity index (χ4n) is 1.70. The predicted octanol–water partition coefficient (Wildman–Crippen LogP) is 1.73. The van der Waals surface area contributed by atoms with Crippen LogP contribution in [-0.4, -0.2) is 11.6 Å². The molecule has 0 aliphatic rings. The summed E-state index contributed by atoms with van der Waals surface area (Å²) in [7, 11) is 0. The van der Waals surface area contributed by atoms with Crippen molar-refractivity contribution in [2.75, 3.05) is 0 Å². The Morgan fingerprint density at radius 2 is 1.58 bits per heavy atom. The maximum Gasteiger partial charge on any atom is 0.0140 e. The first-order valence-electron chi connectivity index (χ1n) is 4.79. The minimum absolute atomic E-state index is 0.154. The maximum absolute atomic E-state index is 6.05. The van der Waals surface area contributed by atoms with E-state index in [2.05, 4.69) is 27.7 Å². The third kappa shape index (κ3) is 4.07. The van der Waals surface area contributed by atoms with E-state index in [0.29, 0.717) is 11.8 Å². The minimum atomic E-state index is -0.154. The molecule has 2 nitrogen and oxygen atoms in total. The van der Waals surface area contributed by atoms with Crippen LogP contribution in [0.5, 0.6) is 0 Å². The zero-order valence-corrected chi connectivity index (χ0v) is 9.09. The molecule has 0 amide bonds. The molecule has 0 aromatic carbocycles. The van der Waals surface area contributed by atoms with Crippen molar-refractivity contribution in [1.29, 1.82) is 0 Å². The predicted molar refractivity (Wildman–Crippen MR) is 54.9 cm³/mol. The summed E-state index contributed by atoms with van der Waals surface area (Å²) in [5.41, 5.74) is 11.8. The number of hydrogen-bond donors (Lipinski definition) is 2. The van der Waals surface area contributed by atoms with Crippen molar-refractivity contribution < 1.29 is 0 Å². The highest BCUT2D eigenvalue weighted by molar-refractivity contribution is 4.87. The van der Waals surface area contributed by atoms with Crippen LogP contribution < -0.4 is 11.5 Å². The van der Waals surface area contributed by atoms with Gasteiger partial charge in [-0.15, -0.1) is 0 Å². The minimum Gasteiger partial charge on any atom is -0.328 e. The number of nitrogens with two attached hydrogens (primary N) is 2. The lowest BCUT2D eigenvalue weighted by atomic mass is 9.78. The summed E-state index contributed by atoms with van der Waals surface area (Å²) < 4.78 is 0. The molecule has 0 saturated carbocycles. The quantitative estimate of drug-likeness (QED) is 0.678. The van der Waals surface area contributed by atoms with E-state index in [9.17, 15) is 0 Å². The zero-order valence-electron chi connectivity index (χ0n) is 9.09. The lowest BCUT2D eigenvalue weighted by Crippen LogP contribution is -2.49. The van der Waals surface area contributed by atoms with E-state index in [1.165, 1.54) is 0 Å². The van der Waals surface area contributed by atoms with Crippen LogP contribution in [0.2, 0.25) is 0 Å². The van der Waals surface area contributed by atoms with Crippen molar-refractivity contribution in [2.24, 2.45) is 23.3 Å². The van der Waals surface area contributed by atoms with Crippen molar-refractivity contribution >= 4 is 0 Å². The van der Waals surface area contributed by atoms with E-state index < -0.39 is 0 Å². The van der Waals surface area contributed by atoms with E-state index in [-0.39, 0.29) is 11.6 Å². The first-order chi connectivity index (χ1) is 5.25. The zero-order chi connectivity index (χ0) is 9.94. The third-order valence-corrected chi connectivity index (χ3v) is 2.32. The Labute approximate surface area is 76.7 Å². The van der Waals surface area contributed by atoms with Crippen LogP contribution in [0.15, 0.2) is 0 Å². The third-order valence-electron chi connectivity index (χ3n) is 2.32. The summed E-state index contributed by atoms with van der Waals surface area (Å²) >= 11 is 0. The van der Waals surface area contributed by atoms with Crippen LogP contribution >= 0.6 is 0 Å². The molecular formula is C10H24N2. The van der Waals surface area contributed by atoms with Gasteiger partial charge in [0.05, 0.1) is 0 Å². The van der Waals surface area contributed by atoms with Crippen molar-refractivity contribution in [3.8, 4) is 0 Å². The lowest BCUT2D eigenvalue weighted by molar-refractivity contribution is 0.237. The fourth-order valence-corrected chi connectivity index (χ4v) is 1.70. The first-order valence-corrected chi connectivity index (χ1v) is 4.79. The monoisotopic (exact) mass is 172 g/mol. The Balaban J connectivity index is 4.25. The molecule has 0 spiro atoms. The summed E-state index contributed by atoms with van der Waals surface area (Å²) in [5, 5.41) is 0. The second-order valence-electron chi connectivity index (χ2n) is 4.92. The number of hydrogen-bond acceptors (Lipinski definition) is 2. The Hall–Kier alpha value is -0.0800. The van der Waals surface area contributed by atoms with Gasteiger partial charge in [0.15, 0.2) is 0 Å².